The van der Waals surface area contributed by atoms with Crippen LogP contribution in [-0.2, 0) is 6.54 Å². The second-order valence-corrected chi connectivity index (χ2v) is 5.64. The van der Waals surface area contributed by atoms with Crippen molar-refractivity contribution in [2.24, 2.45) is 5.73 Å². The molecule has 0 saturated carbocycles. The molecule has 0 radical (unpaired) electrons. The highest BCUT2D eigenvalue weighted by molar-refractivity contribution is 6.32. The highest BCUT2D eigenvalue weighted by Crippen LogP contribution is 2.26. The Balaban J connectivity index is 1.82. The molecule has 1 aromatic carbocycles. The van der Waals surface area contributed by atoms with Gasteiger partial charge in [0.1, 0.15) is 5.75 Å². The Morgan fingerprint density at radius 2 is 2.26 bits per heavy atom. The molecular weight excluding hydrogens is 260 g/mol. The summed E-state index contributed by atoms with van der Waals surface area (Å²) >= 11 is 6.17. The monoisotopic (exact) mass is 282 g/mol. The van der Waals surface area contributed by atoms with Crippen LogP contribution in [0.5, 0.6) is 5.75 Å². The number of nitrogens with two attached hydrogens (primary N) is 1. The lowest BCUT2D eigenvalue weighted by molar-refractivity contribution is 0.153. The molecule has 1 heterocycles. The molecule has 106 valence electrons. The maximum atomic E-state index is 6.17. The van der Waals surface area contributed by atoms with Crippen LogP contribution in [0, 0.1) is 0 Å². The van der Waals surface area contributed by atoms with E-state index in [0.29, 0.717) is 17.6 Å². The molecule has 1 aliphatic rings. The first kappa shape index (κ1) is 14.6. The van der Waals surface area contributed by atoms with Gasteiger partial charge in [0.2, 0.25) is 0 Å². The van der Waals surface area contributed by atoms with Gasteiger partial charge in [0, 0.05) is 12.6 Å². The Morgan fingerprint density at radius 1 is 1.42 bits per heavy atom. The number of hydrogen-bond donors (Lipinski definition) is 1. The number of ether oxygens (including phenoxy) is 1. The Labute approximate surface area is 120 Å². The van der Waals surface area contributed by atoms with Crippen LogP contribution in [0.4, 0.5) is 0 Å². The maximum Gasteiger partial charge on any atom is 0.137 e. The topological polar surface area (TPSA) is 38.5 Å². The molecule has 1 aliphatic heterocycles. The van der Waals surface area contributed by atoms with Crippen LogP contribution < -0.4 is 10.5 Å². The molecule has 1 aromatic rings. The highest BCUT2D eigenvalue weighted by atomic mass is 35.5. The number of likely N-dealkylation sites (tertiary alicyclic amines) is 1. The summed E-state index contributed by atoms with van der Waals surface area (Å²) in [7, 11) is 2.20. The van der Waals surface area contributed by atoms with Gasteiger partial charge in [-0.25, -0.2) is 0 Å². The average molecular weight is 283 g/mol. The third-order valence-electron chi connectivity index (χ3n) is 3.86. The van der Waals surface area contributed by atoms with Crippen molar-refractivity contribution in [1.29, 1.82) is 0 Å². The molecule has 1 fully saturated rings. The standard InChI is InChI=1S/C15H23ClN2O/c1-18-8-3-2-4-13(18)7-9-19-15-6-5-12(11-17)10-14(15)16/h5-6,10,13H,2-4,7-9,11,17H2,1H3. The van der Waals surface area contributed by atoms with E-state index in [1.165, 1.54) is 25.8 Å². The van der Waals surface area contributed by atoms with Crippen molar-refractivity contribution < 1.29 is 4.74 Å². The molecule has 2 N–H and O–H groups in total. The first-order valence-corrected chi connectivity index (χ1v) is 7.40. The van der Waals surface area contributed by atoms with Gasteiger partial charge in [-0.3, -0.25) is 0 Å². The van der Waals surface area contributed by atoms with E-state index >= 15 is 0 Å². The van der Waals surface area contributed by atoms with Crippen molar-refractivity contribution in [2.75, 3.05) is 20.2 Å². The minimum Gasteiger partial charge on any atom is -0.492 e. The Kier molecular flexibility index (Phi) is 5.49. The van der Waals surface area contributed by atoms with Gasteiger partial charge in [-0.1, -0.05) is 24.1 Å². The molecule has 0 amide bonds. The van der Waals surface area contributed by atoms with Gasteiger partial charge in [-0.15, -0.1) is 0 Å². The van der Waals surface area contributed by atoms with Gasteiger partial charge < -0.3 is 15.4 Å². The fraction of sp³-hybridized carbons (Fsp3) is 0.600. The summed E-state index contributed by atoms with van der Waals surface area (Å²) in [4.78, 5) is 2.44. The zero-order valence-electron chi connectivity index (χ0n) is 11.6. The van der Waals surface area contributed by atoms with E-state index in [1.54, 1.807) is 0 Å². The molecule has 19 heavy (non-hydrogen) atoms. The van der Waals surface area contributed by atoms with E-state index < -0.39 is 0 Å². The van der Waals surface area contributed by atoms with Crippen molar-refractivity contribution in [3.63, 3.8) is 0 Å². The Bertz CT molecular complexity index is 411. The number of benzene rings is 1. The fourth-order valence-electron chi connectivity index (χ4n) is 2.60. The zero-order valence-corrected chi connectivity index (χ0v) is 12.3. The lowest BCUT2D eigenvalue weighted by Crippen LogP contribution is -2.37. The largest absolute Gasteiger partial charge is 0.492 e. The zero-order chi connectivity index (χ0) is 13.7. The van der Waals surface area contributed by atoms with Crippen LogP contribution in [0.15, 0.2) is 18.2 Å². The van der Waals surface area contributed by atoms with E-state index in [1.807, 2.05) is 18.2 Å². The van der Waals surface area contributed by atoms with Gasteiger partial charge >= 0.3 is 0 Å². The number of nitrogens with zero attached hydrogens (tertiary/aromatic N) is 1. The molecule has 2 rings (SSSR count). The molecule has 0 aliphatic carbocycles. The molecule has 1 atom stereocenters. The van der Waals surface area contributed by atoms with E-state index in [9.17, 15) is 0 Å². The first-order valence-electron chi connectivity index (χ1n) is 7.02. The second kappa shape index (κ2) is 7.13. The van der Waals surface area contributed by atoms with Gasteiger partial charge in [0.15, 0.2) is 0 Å². The fourth-order valence-corrected chi connectivity index (χ4v) is 2.86. The van der Waals surface area contributed by atoms with Gasteiger partial charge in [-0.2, -0.15) is 0 Å². The van der Waals surface area contributed by atoms with Crippen molar-refractivity contribution >= 4 is 11.6 Å². The lowest BCUT2D eigenvalue weighted by Gasteiger charge is -2.32. The average Bonchev–Trinajstić information content (AvgIpc) is 2.42. The third kappa shape index (κ3) is 4.10. The Morgan fingerprint density at radius 3 is 2.95 bits per heavy atom. The van der Waals surface area contributed by atoms with E-state index in [0.717, 1.165) is 24.3 Å². The summed E-state index contributed by atoms with van der Waals surface area (Å²) in [5.41, 5.74) is 6.61. The predicted molar refractivity (Wildman–Crippen MR) is 79.7 cm³/mol. The first-order chi connectivity index (χ1) is 9.20. The van der Waals surface area contributed by atoms with Crippen LogP contribution in [0.25, 0.3) is 0 Å². The molecule has 0 spiro atoms. The van der Waals surface area contributed by atoms with Gasteiger partial charge in [-0.05, 0) is 50.6 Å². The third-order valence-corrected chi connectivity index (χ3v) is 4.16. The summed E-state index contributed by atoms with van der Waals surface area (Å²) in [6, 6.07) is 6.41. The molecular formula is C15H23ClN2O. The smallest absolute Gasteiger partial charge is 0.137 e. The van der Waals surface area contributed by atoms with Crippen molar-refractivity contribution in [1.82, 2.24) is 4.90 Å². The minimum atomic E-state index is 0.507. The summed E-state index contributed by atoms with van der Waals surface area (Å²) < 4.78 is 5.79. The van der Waals surface area contributed by atoms with E-state index in [4.69, 9.17) is 22.1 Å². The molecule has 3 nitrogen and oxygen atoms in total. The van der Waals surface area contributed by atoms with Crippen LogP contribution in [0.1, 0.15) is 31.2 Å². The summed E-state index contributed by atoms with van der Waals surface area (Å²) in [6.07, 6.45) is 4.99. The summed E-state index contributed by atoms with van der Waals surface area (Å²) in [5.74, 6) is 0.761. The number of hydrogen-bond acceptors (Lipinski definition) is 3. The minimum absolute atomic E-state index is 0.507. The predicted octanol–water partition coefficient (Wildman–Crippen LogP) is 3.05. The van der Waals surface area contributed by atoms with Crippen LogP contribution in [0.2, 0.25) is 5.02 Å². The van der Waals surface area contributed by atoms with Crippen LogP contribution in [0.3, 0.4) is 0 Å². The summed E-state index contributed by atoms with van der Waals surface area (Å²) in [5, 5.41) is 0.653. The van der Waals surface area contributed by atoms with Crippen molar-refractivity contribution in [3.05, 3.63) is 28.8 Å². The van der Waals surface area contributed by atoms with Crippen molar-refractivity contribution in [2.45, 2.75) is 38.3 Å². The number of piperidine rings is 1. The highest BCUT2D eigenvalue weighted by Gasteiger charge is 2.18. The molecule has 0 bridgehead atoms. The van der Waals surface area contributed by atoms with Gasteiger partial charge in [0.05, 0.1) is 11.6 Å². The SMILES string of the molecule is CN1CCCCC1CCOc1ccc(CN)cc1Cl. The number of rotatable bonds is 5. The molecule has 4 heteroatoms. The second-order valence-electron chi connectivity index (χ2n) is 5.24. The van der Waals surface area contributed by atoms with E-state index in [-0.39, 0.29) is 0 Å². The van der Waals surface area contributed by atoms with Crippen molar-refractivity contribution in [3.8, 4) is 5.75 Å². The lowest BCUT2D eigenvalue weighted by atomic mass is 10.0. The molecule has 1 saturated heterocycles. The summed E-state index contributed by atoms with van der Waals surface area (Å²) in [6.45, 7) is 2.43. The molecule has 1 unspecified atom stereocenters. The normalized spacial score (nSPS) is 20.5. The van der Waals surface area contributed by atoms with Crippen LogP contribution in [-0.4, -0.2) is 31.1 Å². The van der Waals surface area contributed by atoms with Crippen LogP contribution >= 0.6 is 11.6 Å². The number of halogens is 1. The van der Waals surface area contributed by atoms with E-state index in [2.05, 4.69) is 11.9 Å². The maximum absolute atomic E-state index is 6.17. The van der Waals surface area contributed by atoms with Gasteiger partial charge in [0.25, 0.3) is 0 Å². The quantitative estimate of drug-likeness (QED) is 0.902. The Hall–Kier alpha value is -0.770. The molecule has 0 aromatic heterocycles.